The van der Waals surface area contributed by atoms with E-state index in [1.165, 1.54) is 77.0 Å². The van der Waals surface area contributed by atoms with Crippen molar-refractivity contribution in [3.05, 3.63) is 12.2 Å². The molecule has 1 rings (SSSR count). The van der Waals surface area contributed by atoms with Gasteiger partial charge in [-0.15, -0.1) is 0 Å². The van der Waals surface area contributed by atoms with Gasteiger partial charge in [0.15, 0.2) is 0 Å². The van der Waals surface area contributed by atoms with Crippen LogP contribution in [-0.4, -0.2) is 12.2 Å². The molecule has 2 atom stereocenters. The zero-order chi connectivity index (χ0) is 14.5. The summed E-state index contributed by atoms with van der Waals surface area (Å²) < 4.78 is 5.69. The van der Waals surface area contributed by atoms with Crippen molar-refractivity contribution in [2.45, 2.75) is 110 Å². The molecular formula is C19H36O. The van der Waals surface area contributed by atoms with Gasteiger partial charge in [-0.3, -0.25) is 0 Å². The smallest absolute Gasteiger partial charge is 0.0876 e. The van der Waals surface area contributed by atoms with Gasteiger partial charge >= 0.3 is 0 Å². The summed E-state index contributed by atoms with van der Waals surface area (Å²) in [5.74, 6) is 0. The highest BCUT2D eigenvalue weighted by Crippen LogP contribution is 2.30. The summed E-state index contributed by atoms with van der Waals surface area (Å²) in [6, 6.07) is 0. The molecule has 20 heavy (non-hydrogen) atoms. The van der Waals surface area contributed by atoms with Crippen LogP contribution in [0.15, 0.2) is 12.2 Å². The molecule has 0 aromatic heterocycles. The SMILES string of the molecule is CCCCCCCCC/C=C\C[C@@H]1O[C@@H]1CCCCC. The highest BCUT2D eigenvalue weighted by Gasteiger charge is 2.36. The van der Waals surface area contributed by atoms with E-state index in [2.05, 4.69) is 26.0 Å². The lowest BCUT2D eigenvalue weighted by atomic mass is 10.1. The number of hydrogen-bond acceptors (Lipinski definition) is 1. The molecule has 0 bridgehead atoms. The van der Waals surface area contributed by atoms with Crippen molar-refractivity contribution >= 4 is 0 Å². The topological polar surface area (TPSA) is 12.5 Å². The molecule has 0 aliphatic carbocycles. The average Bonchev–Trinajstić information content (AvgIpc) is 3.20. The molecule has 0 saturated carbocycles. The van der Waals surface area contributed by atoms with Crippen molar-refractivity contribution in [3.63, 3.8) is 0 Å². The van der Waals surface area contributed by atoms with Crippen LogP contribution in [0.25, 0.3) is 0 Å². The highest BCUT2D eigenvalue weighted by molar-refractivity contribution is 4.93. The zero-order valence-corrected chi connectivity index (χ0v) is 13.9. The summed E-state index contributed by atoms with van der Waals surface area (Å²) in [4.78, 5) is 0. The molecule has 1 aliphatic heterocycles. The second-order valence-corrected chi connectivity index (χ2v) is 6.33. The number of ether oxygens (including phenoxy) is 1. The number of rotatable bonds is 14. The minimum atomic E-state index is 0.553. The fourth-order valence-electron chi connectivity index (χ4n) is 2.80. The molecule has 0 aromatic rings. The molecule has 1 heteroatoms. The minimum Gasteiger partial charge on any atom is -0.369 e. The molecule has 118 valence electrons. The van der Waals surface area contributed by atoms with Crippen molar-refractivity contribution in [2.24, 2.45) is 0 Å². The van der Waals surface area contributed by atoms with Gasteiger partial charge in [0.25, 0.3) is 0 Å². The first-order valence-electron chi connectivity index (χ1n) is 9.19. The van der Waals surface area contributed by atoms with Gasteiger partial charge in [0.1, 0.15) is 0 Å². The molecule has 0 radical (unpaired) electrons. The summed E-state index contributed by atoms with van der Waals surface area (Å²) in [6.45, 7) is 4.54. The third-order valence-corrected chi connectivity index (χ3v) is 4.29. The molecule has 1 aliphatic rings. The molecule has 1 nitrogen and oxygen atoms in total. The summed E-state index contributed by atoms with van der Waals surface area (Å²) in [5.41, 5.74) is 0. The van der Waals surface area contributed by atoms with Crippen LogP contribution in [-0.2, 0) is 4.74 Å². The second kappa shape index (κ2) is 12.4. The predicted molar refractivity (Wildman–Crippen MR) is 89.2 cm³/mol. The second-order valence-electron chi connectivity index (χ2n) is 6.33. The normalized spacial score (nSPS) is 21.7. The Morgan fingerprint density at radius 3 is 2.10 bits per heavy atom. The van der Waals surface area contributed by atoms with Crippen LogP contribution in [0.1, 0.15) is 97.3 Å². The van der Waals surface area contributed by atoms with Crippen LogP contribution in [0.3, 0.4) is 0 Å². The Morgan fingerprint density at radius 1 is 0.700 bits per heavy atom. The Morgan fingerprint density at radius 2 is 1.35 bits per heavy atom. The fourth-order valence-corrected chi connectivity index (χ4v) is 2.80. The fraction of sp³-hybridized carbons (Fsp3) is 0.895. The van der Waals surface area contributed by atoms with Crippen molar-refractivity contribution in [3.8, 4) is 0 Å². The van der Waals surface area contributed by atoms with E-state index in [1.807, 2.05) is 0 Å². The van der Waals surface area contributed by atoms with Crippen LogP contribution < -0.4 is 0 Å². The van der Waals surface area contributed by atoms with Gasteiger partial charge in [0, 0.05) is 0 Å². The Bertz CT molecular complexity index is 234. The maximum absolute atomic E-state index is 5.69. The number of unbranched alkanes of at least 4 members (excludes halogenated alkanes) is 9. The first-order valence-corrected chi connectivity index (χ1v) is 9.19. The zero-order valence-electron chi connectivity index (χ0n) is 13.9. The van der Waals surface area contributed by atoms with Crippen LogP contribution in [0.2, 0.25) is 0 Å². The summed E-state index contributed by atoms with van der Waals surface area (Å²) >= 11 is 0. The van der Waals surface area contributed by atoms with Gasteiger partial charge in [-0.25, -0.2) is 0 Å². The van der Waals surface area contributed by atoms with Gasteiger partial charge in [0.2, 0.25) is 0 Å². The minimum absolute atomic E-state index is 0.553. The van der Waals surface area contributed by atoms with E-state index < -0.39 is 0 Å². The Hall–Kier alpha value is -0.300. The Kier molecular flexibility index (Phi) is 11.0. The molecule has 0 spiro atoms. The van der Waals surface area contributed by atoms with Gasteiger partial charge < -0.3 is 4.74 Å². The lowest BCUT2D eigenvalue weighted by molar-refractivity contribution is 0.359. The molecule has 0 unspecified atom stereocenters. The molecule has 1 saturated heterocycles. The molecule has 1 fully saturated rings. The van der Waals surface area contributed by atoms with Crippen LogP contribution >= 0.6 is 0 Å². The Balaban J connectivity index is 1.79. The molecule has 0 aromatic carbocycles. The molecule has 0 amide bonds. The number of epoxide rings is 1. The van der Waals surface area contributed by atoms with Crippen LogP contribution in [0.4, 0.5) is 0 Å². The third-order valence-electron chi connectivity index (χ3n) is 4.29. The predicted octanol–water partition coefficient (Wildman–Crippen LogP) is 6.42. The quantitative estimate of drug-likeness (QED) is 0.203. The van der Waals surface area contributed by atoms with E-state index >= 15 is 0 Å². The van der Waals surface area contributed by atoms with E-state index in [0.29, 0.717) is 12.2 Å². The maximum atomic E-state index is 5.69. The van der Waals surface area contributed by atoms with Crippen LogP contribution in [0, 0.1) is 0 Å². The third kappa shape index (κ3) is 9.58. The van der Waals surface area contributed by atoms with Gasteiger partial charge in [0.05, 0.1) is 12.2 Å². The van der Waals surface area contributed by atoms with E-state index in [0.717, 1.165) is 6.42 Å². The first-order chi connectivity index (χ1) is 9.88. The largest absolute Gasteiger partial charge is 0.369 e. The average molecular weight is 280 g/mol. The van der Waals surface area contributed by atoms with Crippen molar-refractivity contribution in [1.82, 2.24) is 0 Å². The van der Waals surface area contributed by atoms with Gasteiger partial charge in [-0.2, -0.15) is 0 Å². The number of hydrogen-bond donors (Lipinski definition) is 0. The summed E-state index contributed by atoms with van der Waals surface area (Å²) in [7, 11) is 0. The van der Waals surface area contributed by atoms with Crippen LogP contribution in [0.5, 0.6) is 0 Å². The van der Waals surface area contributed by atoms with Gasteiger partial charge in [-0.1, -0.05) is 83.8 Å². The van der Waals surface area contributed by atoms with Gasteiger partial charge in [-0.05, 0) is 25.7 Å². The lowest BCUT2D eigenvalue weighted by Gasteiger charge is -1.98. The maximum Gasteiger partial charge on any atom is 0.0876 e. The van der Waals surface area contributed by atoms with Crippen molar-refractivity contribution < 1.29 is 4.74 Å². The van der Waals surface area contributed by atoms with E-state index in [4.69, 9.17) is 4.74 Å². The number of allylic oxidation sites excluding steroid dienone is 1. The monoisotopic (exact) mass is 280 g/mol. The lowest BCUT2D eigenvalue weighted by Crippen LogP contribution is -1.92. The molecule has 1 heterocycles. The van der Waals surface area contributed by atoms with E-state index in [-0.39, 0.29) is 0 Å². The molecule has 0 N–H and O–H groups in total. The summed E-state index contributed by atoms with van der Waals surface area (Å²) in [6.07, 6.45) is 23.4. The molecular weight excluding hydrogens is 244 g/mol. The van der Waals surface area contributed by atoms with E-state index in [1.54, 1.807) is 0 Å². The first kappa shape index (κ1) is 17.8. The van der Waals surface area contributed by atoms with Crippen molar-refractivity contribution in [2.75, 3.05) is 0 Å². The highest BCUT2D eigenvalue weighted by atomic mass is 16.6. The standard InChI is InChI=1S/C19H36O/c1-3-5-7-8-9-10-11-12-13-15-17-19-18(20-19)16-14-6-4-2/h13,15,18-19H,3-12,14,16-17H2,1-2H3/b15-13-/t18-,19+/m1/s1. The summed E-state index contributed by atoms with van der Waals surface area (Å²) in [5, 5.41) is 0. The Labute approximate surface area is 127 Å². The van der Waals surface area contributed by atoms with E-state index in [9.17, 15) is 0 Å². The van der Waals surface area contributed by atoms with Crippen molar-refractivity contribution in [1.29, 1.82) is 0 Å².